The van der Waals surface area contributed by atoms with Crippen molar-refractivity contribution in [2.75, 3.05) is 7.11 Å². The molecule has 0 fully saturated rings. The highest BCUT2D eigenvalue weighted by atomic mass is 16.6. The molecule has 0 aliphatic rings. The molecule has 0 saturated heterocycles. The number of carbonyl (C=O) groups excluding carboxylic acids is 1. The Bertz CT molecular complexity index is 252. The van der Waals surface area contributed by atoms with Gasteiger partial charge in [0.1, 0.15) is 0 Å². The van der Waals surface area contributed by atoms with E-state index in [1.165, 1.54) is 13.4 Å². The Morgan fingerprint density at radius 2 is 2.14 bits per heavy atom. The second-order valence-corrected chi connectivity index (χ2v) is 2.62. The molecule has 76 valence electrons. The lowest BCUT2D eigenvalue weighted by atomic mass is 10.1. The summed E-state index contributed by atoms with van der Waals surface area (Å²) < 4.78 is 8.96. The van der Waals surface area contributed by atoms with E-state index in [1.807, 2.05) is 6.07 Å². The monoisotopic (exact) mass is 196 g/mol. The molecule has 5 heteroatoms. The van der Waals surface area contributed by atoms with E-state index >= 15 is 0 Å². The lowest BCUT2D eigenvalue weighted by molar-refractivity contribution is -0.150. The molecule has 0 aromatic carbocycles. The third kappa shape index (κ3) is 5.00. The fraction of sp³-hybridized carbons (Fsp3) is 0.667. The van der Waals surface area contributed by atoms with Crippen molar-refractivity contribution in [1.29, 1.82) is 10.5 Å². The molecular weight excluding hydrogens is 184 g/mol. The maximum absolute atomic E-state index is 11.0. The summed E-state index contributed by atoms with van der Waals surface area (Å²) in [5.74, 6) is -0.552. The van der Waals surface area contributed by atoms with E-state index < -0.39 is 12.1 Å². The van der Waals surface area contributed by atoms with Crippen LogP contribution in [0, 0.1) is 22.8 Å². The van der Waals surface area contributed by atoms with Crippen LogP contribution in [0.1, 0.15) is 25.7 Å². The van der Waals surface area contributed by atoms with Gasteiger partial charge in [-0.1, -0.05) is 0 Å². The minimum atomic E-state index is -0.830. The standard InChI is InChI=1S/C9H12N2O3/c1-13-9(12)8(14-7-11)5-3-2-4-6-10/h8H,2-5H2,1H3. The largest absolute Gasteiger partial charge is 0.466 e. The molecule has 0 rings (SSSR count). The van der Waals surface area contributed by atoms with Gasteiger partial charge in [0.05, 0.1) is 13.2 Å². The predicted molar refractivity (Wildman–Crippen MR) is 46.6 cm³/mol. The van der Waals surface area contributed by atoms with Gasteiger partial charge in [0.2, 0.25) is 6.10 Å². The van der Waals surface area contributed by atoms with Crippen LogP contribution in [-0.4, -0.2) is 19.2 Å². The van der Waals surface area contributed by atoms with E-state index in [9.17, 15) is 4.79 Å². The molecule has 0 aliphatic heterocycles. The predicted octanol–water partition coefficient (Wildman–Crippen LogP) is 1.11. The molecule has 0 aromatic rings. The second-order valence-electron chi connectivity index (χ2n) is 2.62. The summed E-state index contributed by atoms with van der Waals surface area (Å²) in [6.07, 6.45) is 2.83. The third-order valence-electron chi connectivity index (χ3n) is 1.66. The van der Waals surface area contributed by atoms with Crippen molar-refractivity contribution >= 4 is 5.97 Å². The molecule has 0 aliphatic carbocycles. The number of unbranched alkanes of at least 4 members (excludes halogenated alkanes) is 2. The number of methoxy groups -OCH3 is 1. The Hall–Kier alpha value is -1.75. The first-order valence-corrected chi connectivity index (χ1v) is 4.25. The van der Waals surface area contributed by atoms with Crippen LogP contribution in [0.2, 0.25) is 0 Å². The maximum Gasteiger partial charge on any atom is 0.348 e. The van der Waals surface area contributed by atoms with E-state index in [4.69, 9.17) is 10.5 Å². The summed E-state index contributed by atoms with van der Waals surface area (Å²) in [5, 5.41) is 16.5. The highest BCUT2D eigenvalue weighted by Crippen LogP contribution is 2.07. The highest BCUT2D eigenvalue weighted by molar-refractivity contribution is 5.74. The average Bonchev–Trinajstić information content (AvgIpc) is 2.21. The summed E-state index contributed by atoms with van der Waals surface area (Å²) in [5.41, 5.74) is 0. The van der Waals surface area contributed by atoms with E-state index in [2.05, 4.69) is 9.47 Å². The maximum atomic E-state index is 11.0. The molecule has 0 saturated carbocycles. The molecule has 5 nitrogen and oxygen atoms in total. The van der Waals surface area contributed by atoms with Crippen LogP contribution in [0.5, 0.6) is 0 Å². The van der Waals surface area contributed by atoms with Crippen molar-refractivity contribution in [1.82, 2.24) is 0 Å². The van der Waals surface area contributed by atoms with Crippen molar-refractivity contribution in [2.24, 2.45) is 0 Å². The van der Waals surface area contributed by atoms with E-state index in [0.29, 0.717) is 25.7 Å². The van der Waals surface area contributed by atoms with E-state index in [1.54, 1.807) is 0 Å². The van der Waals surface area contributed by atoms with Crippen molar-refractivity contribution in [3.8, 4) is 12.3 Å². The first-order chi connectivity index (χ1) is 6.76. The Morgan fingerprint density at radius 1 is 1.43 bits per heavy atom. The summed E-state index contributed by atoms with van der Waals surface area (Å²) >= 11 is 0. The van der Waals surface area contributed by atoms with Crippen molar-refractivity contribution in [3.05, 3.63) is 0 Å². The summed E-state index contributed by atoms with van der Waals surface area (Å²) in [6, 6.07) is 1.99. The van der Waals surface area contributed by atoms with Crippen LogP contribution >= 0.6 is 0 Å². The smallest absolute Gasteiger partial charge is 0.348 e. The Labute approximate surface area is 82.8 Å². The number of nitrogens with zero attached hydrogens (tertiary/aromatic N) is 2. The number of rotatable bonds is 6. The van der Waals surface area contributed by atoms with Crippen LogP contribution in [0.4, 0.5) is 0 Å². The molecule has 1 atom stereocenters. The van der Waals surface area contributed by atoms with Gasteiger partial charge in [-0.3, -0.25) is 0 Å². The van der Waals surface area contributed by atoms with Crippen molar-refractivity contribution < 1.29 is 14.3 Å². The van der Waals surface area contributed by atoms with Gasteiger partial charge in [-0.15, -0.1) is 0 Å². The van der Waals surface area contributed by atoms with Gasteiger partial charge in [-0.2, -0.15) is 10.5 Å². The third-order valence-corrected chi connectivity index (χ3v) is 1.66. The van der Waals surface area contributed by atoms with Gasteiger partial charge >= 0.3 is 5.97 Å². The van der Waals surface area contributed by atoms with Gasteiger partial charge in [0.25, 0.3) is 6.26 Å². The average molecular weight is 196 g/mol. The molecular formula is C9H12N2O3. The molecule has 1 unspecified atom stereocenters. The lowest BCUT2D eigenvalue weighted by Gasteiger charge is -2.10. The van der Waals surface area contributed by atoms with Crippen LogP contribution in [0.25, 0.3) is 0 Å². The highest BCUT2D eigenvalue weighted by Gasteiger charge is 2.19. The van der Waals surface area contributed by atoms with E-state index in [0.717, 1.165) is 0 Å². The molecule has 0 N–H and O–H groups in total. The summed E-state index contributed by atoms with van der Waals surface area (Å²) in [4.78, 5) is 11.0. The number of hydrogen-bond acceptors (Lipinski definition) is 5. The quantitative estimate of drug-likeness (QED) is 0.361. The number of ether oxygens (including phenoxy) is 2. The molecule has 0 radical (unpaired) electrons. The SMILES string of the molecule is COC(=O)C(CCCCC#N)OC#N. The topological polar surface area (TPSA) is 83.1 Å². The molecule has 0 bridgehead atoms. The van der Waals surface area contributed by atoms with Gasteiger partial charge in [-0.25, -0.2) is 4.79 Å². The Morgan fingerprint density at radius 3 is 2.64 bits per heavy atom. The fourth-order valence-electron chi connectivity index (χ4n) is 0.954. The zero-order chi connectivity index (χ0) is 10.8. The Kier molecular flexibility index (Phi) is 6.89. The van der Waals surface area contributed by atoms with Gasteiger partial charge < -0.3 is 9.47 Å². The van der Waals surface area contributed by atoms with Crippen LogP contribution in [0.15, 0.2) is 0 Å². The molecule has 0 amide bonds. The van der Waals surface area contributed by atoms with Crippen molar-refractivity contribution in [2.45, 2.75) is 31.8 Å². The molecule has 14 heavy (non-hydrogen) atoms. The van der Waals surface area contributed by atoms with Gasteiger partial charge in [-0.05, 0) is 19.3 Å². The number of carbonyl (C=O) groups is 1. The lowest BCUT2D eigenvalue weighted by Crippen LogP contribution is -2.23. The van der Waals surface area contributed by atoms with Crippen LogP contribution < -0.4 is 0 Å². The number of hydrogen-bond donors (Lipinski definition) is 0. The number of nitriles is 2. The minimum Gasteiger partial charge on any atom is -0.466 e. The van der Waals surface area contributed by atoms with Crippen LogP contribution in [-0.2, 0) is 14.3 Å². The summed E-state index contributed by atoms with van der Waals surface area (Å²) in [6.45, 7) is 0. The first kappa shape index (κ1) is 12.2. The second kappa shape index (κ2) is 7.88. The van der Waals surface area contributed by atoms with Gasteiger partial charge in [0.15, 0.2) is 0 Å². The molecule has 0 spiro atoms. The molecule has 0 heterocycles. The fourth-order valence-corrected chi connectivity index (χ4v) is 0.954. The summed E-state index contributed by atoms with van der Waals surface area (Å²) in [7, 11) is 1.24. The van der Waals surface area contributed by atoms with Gasteiger partial charge in [0, 0.05) is 6.42 Å². The Balaban J connectivity index is 3.81. The number of esters is 1. The van der Waals surface area contributed by atoms with Crippen molar-refractivity contribution in [3.63, 3.8) is 0 Å². The zero-order valence-corrected chi connectivity index (χ0v) is 8.02. The normalized spacial score (nSPS) is 10.8. The van der Waals surface area contributed by atoms with E-state index in [-0.39, 0.29) is 0 Å². The zero-order valence-electron chi connectivity index (χ0n) is 8.02. The minimum absolute atomic E-state index is 0.405. The van der Waals surface area contributed by atoms with Crippen LogP contribution in [0.3, 0.4) is 0 Å². The molecule has 0 aromatic heterocycles. The first-order valence-electron chi connectivity index (χ1n) is 4.25.